The number of aryl methyl sites for hydroxylation is 1. The molecule has 1 fully saturated rings. The summed E-state index contributed by atoms with van der Waals surface area (Å²) in [5.74, 6) is 0.121. The largest absolute Gasteiger partial charge is 0.490 e. The van der Waals surface area contributed by atoms with Crippen molar-refractivity contribution in [2.45, 2.75) is 70.6 Å². The van der Waals surface area contributed by atoms with E-state index in [1.165, 1.54) is 0 Å². The molecule has 0 radical (unpaired) electrons. The summed E-state index contributed by atoms with van der Waals surface area (Å²) in [6.45, 7) is 7.27. The van der Waals surface area contributed by atoms with Gasteiger partial charge in [-0.05, 0) is 82.8 Å². The Hall–Kier alpha value is -3.50. The van der Waals surface area contributed by atoms with Gasteiger partial charge in [0.1, 0.15) is 23.1 Å². The van der Waals surface area contributed by atoms with Crippen LogP contribution in [0.1, 0.15) is 72.0 Å². The number of rotatable bonds is 5. The van der Waals surface area contributed by atoms with Crippen molar-refractivity contribution in [2.75, 3.05) is 20.1 Å². The number of hydrogen-bond acceptors (Lipinski definition) is 8. The lowest BCUT2D eigenvalue weighted by Gasteiger charge is -2.33. The van der Waals surface area contributed by atoms with Crippen LogP contribution < -0.4 is 15.5 Å². The molecular formula is C28H38N4O6. The van der Waals surface area contributed by atoms with Gasteiger partial charge in [0.05, 0.1) is 0 Å². The number of nitrogens with zero attached hydrogens (tertiary/aromatic N) is 2. The lowest BCUT2D eigenvalue weighted by molar-refractivity contribution is 0.0200. The van der Waals surface area contributed by atoms with Gasteiger partial charge >= 0.3 is 6.09 Å². The van der Waals surface area contributed by atoms with E-state index in [0.717, 1.165) is 56.3 Å². The molecule has 2 heterocycles. The van der Waals surface area contributed by atoms with Crippen LogP contribution in [0.2, 0.25) is 0 Å². The SMILES string of the molecule is CNC1CCN(C(=O)OC(C)(C)C)CC1.O=Cc1cc(OC2CCc3cc(C(=O)NO)ccc3C2)ccn1. The number of likely N-dealkylation sites (tertiary alicyclic amines) is 1. The van der Waals surface area contributed by atoms with Crippen LogP contribution in [0.4, 0.5) is 4.79 Å². The number of pyridine rings is 1. The Kier molecular flexibility index (Phi) is 10.2. The normalized spacial score (nSPS) is 17.4. The average molecular weight is 527 g/mol. The summed E-state index contributed by atoms with van der Waals surface area (Å²) in [4.78, 5) is 39.6. The van der Waals surface area contributed by atoms with Crippen LogP contribution in [0.5, 0.6) is 5.75 Å². The number of hydrogen-bond donors (Lipinski definition) is 3. The minimum atomic E-state index is -0.510. The molecule has 2 amide bonds. The van der Waals surface area contributed by atoms with E-state index in [2.05, 4.69) is 10.3 Å². The summed E-state index contributed by atoms with van der Waals surface area (Å²) in [6, 6.07) is 9.27. The molecular weight excluding hydrogens is 488 g/mol. The fraction of sp³-hybridized carbons (Fsp3) is 0.500. The van der Waals surface area contributed by atoms with Crippen LogP contribution >= 0.6 is 0 Å². The predicted octanol–water partition coefficient (Wildman–Crippen LogP) is 3.55. The zero-order valence-electron chi connectivity index (χ0n) is 22.5. The zero-order valence-corrected chi connectivity index (χ0v) is 22.5. The zero-order chi connectivity index (χ0) is 27.7. The second-order valence-corrected chi connectivity index (χ2v) is 10.5. The third-order valence-corrected chi connectivity index (χ3v) is 6.48. The number of nitrogens with one attached hydrogen (secondary N) is 2. The van der Waals surface area contributed by atoms with Crippen molar-refractivity contribution in [3.63, 3.8) is 0 Å². The number of ether oxygens (including phenoxy) is 2. The van der Waals surface area contributed by atoms with Crippen LogP contribution in [0, 0.1) is 0 Å². The van der Waals surface area contributed by atoms with E-state index in [1.54, 1.807) is 40.8 Å². The highest BCUT2D eigenvalue weighted by molar-refractivity contribution is 5.93. The quantitative estimate of drug-likeness (QED) is 0.306. The monoisotopic (exact) mass is 526 g/mol. The van der Waals surface area contributed by atoms with Crippen LogP contribution in [-0.4, -0.2) is 71.3 Å². The molecule has 0 saturated carbocycles. The maximum atomic E-state index is 11.7. The third kappa shape index (κ3) is 8.53. The molecule has 206 valence electrons. The van der Waals surface area contributed by atoms with Gasteiger partial charge in [-0.1, -0.05) is 6.07 Å². The Bertz CT molecular complexity index is 1110. The molecule has 1 saturated heterocycles. The summed E-state index contributed by atoms with van der Waals surface area (Å²) >= 11 is 0. The maximum Gasteiger partial charge on any atom is 0.410 e. The fourth-order valence-electron chi connectivity index (χ4n) is 4.46. The number of aromatic nitrogens is 1. The second kappa shape index (κ2) is 13.3. The standard InChI is InChI=1S/C17H16N2O4.C11H22N2O2/c20-10-14-9-16(5-6-18-14)23-15-4-3-11-7-13(17(21)19-22)2-1-12(11)8-15;1-11(2,3)15-10(14)13-7-5-9(12-4)6-8-13/h1-2,5-7,9-10,15,22H,3-4,8H2,(H,19,21);9,12H,5-8H2,1-4H3. The molecule has 10 heteroatoms. The smallest absolute Gasteiger partial charge is 0.410 e. The van der Waals surface area contributed by atoms with Crippen molar-refractivity contribution < 1.29 is 29.1 Å². The van der Waals surface area contributed by atoms with E-state index < -0.39 is 11.5 Å². The summed E-state index contributed by atoms with van der Waals surface area (Å²) in [5.41, 5.74) is 4.25. The van der Waals surface area contributed by atoms with E-state index >= 15 is 0 Å². The summed E-state index contributed by atoms with van der Waals surface area (Å²) in [5, 5.41) is 11.9. The third-order valence-electron chi connectivity index (χ3n) is 6.48. The lowest BCUT2D eigenvalue weighted by Crippen LogP contribution is -2.45. The number of hydroxylamine groups is 1. The van der Waals surface area contributed by atoms with Crippen LogP contribution in [0.15, 0.2) is 36.5 Å². The molecule has 2 aliphatic rings. The van der Waals surface area contributed by atoms with E-state index in [-0.39, 0.29) is 12.2 Å². The Morgan fingerprint density at radius 3 is 2.47 bits per heavy atom. The van der Waals surface area contributed by atoms with Gasteiger partial charge in [-0.3, -0.25) is 19.8 Å². The maximum absolute atomic E-state index is 11.7. The lowest BCUT2D eigenvalue weighted by atomic mass is 9.88. The predicted molar refractivity (Wildman–Crippen MR) is 142 cm³/mol. The molecule has 1 aromatic heterocycles. The van der Waals surface area contributed by atoms with Gasteiger partial charge in [-0.2, -0.15) is 0 Å². The van der Waals surface area contributed by atoms with Crippen molar-refractivity contribution >= 4 is 18.3 Å². The van der Waals surface area contributed by atoms with Gasteiger partial charge in [0, 0.05) is 43.4 Å². The number of benzene rings is 1. The van der Waals surface area contributed by atoms with Gasteiger partial charge < -0.3 is 19.7 Å². The molecule has 0 spiro atoms. The van der Waals surface area contributed by atoms with E-state index in [1.807, 2.05) is 33.9 Å². The minimum Gasteiger partial charge on any atom is -0.490 e. The molecule has 1 atom stereocenters. The number of carbonyl (C=O) groups excluding carboxylic acids is 3. The van der Waals surface area contributed by atoms with Crippen LogP contribution in [0.3, 0.4) is 0 Å². The topological polar surface area (TPSA) is 130 Å². The second-order valence-electron chi connectivity index (χ2n) is 10.5. The van der Waals surface area contributed by atoms with Crippen LogP contribution in [0.25, 0.3) is 0 Å². The molecule has 1 aromatic carbocycles. The Labute approximate surface area is 223 Å². The first-order valence-corrected chi connectivity index (χ1v) is 12.9. The van der Waals surface area contributed by atoms with Gasteiger partial charge in [-0.25, -0.2) is 10.3 Å². The highest BCUT2D eigenvalue weighted by Gasteiger charge is 2.26. The number of carbonyl (C=O) groups is 3. The molecule has 38 heavy (non-hydrogen) atoms. The summed E-state index contributed by atoms with van der Waals surface area (Å²) < 4.78 is 11.2. The first kappa shape index (κ1) is 29.1. The highest BCUT2D eigenvalue weighted by atomic mass is 16.6. The molecule has 3 N–H and O–H groups in total. The molecule has 10 nitrogen and oxygen atoms in total. The number of aldehydes is 1. The Morgan fingerprint density at radius 2 is 1.84 bits per heavy atom. The summed E-state index contributed by atoms with van der Waals surface area (Å²) in [7, 11) is 1.97. The Balaban J connectivity index is 0.000000232. The summed E-state index contributed by atoms with van der Waals surface area (Å²) in [6.07, 6.45) is 6.43. The minimum absolute atomic E-state index is 0.0157. The van der Waals surface area contributed by atoms with E-state index in [9.17, 15) is 14.4 Å². The number of fused-ring (bicyclic) bond motifs is 1. The molecule has 2 aromatic rings. The van der Waals surface area contributed by atoms with E-state index in [0.29, 0.717) is 29.3 Å². The van der Waals surface area contributed by atoms with Gasteiger partial charge in [0.15, 0.2) is 6.29 Å². The molecule has 0 bridgehead atoms. The highest BCUT2D eigenvalue weighted by Crippen LogP contribution is 2.26. The van der Waals surface area contributed by atoms with Crippen molar-refractivity contribution in [1.82, 2.24) is 20.7 Å². The molecule has 1 unspecified atom stereocenters. The first-order valence-electron chi connectivity index (χ1n) is 12.9. The molecule has 1 aliphatic heterocycles. The van der Waals surface area contributed by atoms with Crippen molar-refractivity contribution in [3.8, 4) is 5.75 Å². The van der Waals surface area contributed by atoms with Crippen molar-refractivity contribution in [2.24, 2.45) is 0 Å². The van der Waals surface area contributed by atoms with Crippen LogP contribution in [-0.2, 0) is 17.6 Å². The molecule has 4 rings (SSSR count). The van der Waals surface area contributed by atoms with E-state index in [4.69, 9.17) is 14.7 Å². The number of amides is 2. The van der Waals surface area contributed by atoms with Gasteiger partial charge in [-0.15, -0.1) is 0 Å². The van der Waals surface area contributed by atoms with Gasteiger partial charge in [0.25, 0.3) is 5.91 Å². The number of piperidine rings is 1. The first-order chi connectivity index (χ1) is 18.1. The van der Waals surface area contributed by atoms with Crippen molar-refractivity contribution in [1.29, 1.82) is 0 Å². The molecule has 1 aliphatic carbocycles. The Morgan fingerprint density at radius 1 is 1.11 bits per heavy atom. The van der Waals surface area contributed by atoms with Crippen molar-refractivity contribution in [3.05, 3.63) is 58.9 Å². The average Bonchev–Trinajstić information content (AvgIpc) is 2.92. The fourth-order valence-corrected chi connectivity index (χ4v) is 4.46. The van der Waals surface area contributed by atoms with Gasteiger partial charge in [0.2, 0.25) is 0 Å².